The van der Waals surface area contributed by atoms with E-state index in [1.807, 2.05) is 15.6 Å². The number of nitrogens with one attached hydrogen (secondary N) is 1. The van der Waals surface area contributed by atoms with E-state index in [-0.39, 0.29) is 5.91 Å². The van der Waals surface area contributed by atoms with Crippen molar-refractivity contribution in [1.29, 1.82) is 0 Å². The molecule has 29 heavy (non-hydrogen) atoms. The third-order valence-electron chi connectivity index (χ3n) is 6.05. The maximum absolute atomic E-state index is 13.3. The zero-order chi connectivity index (χ0) is 20.4. The van der Waals surface area contributed by atoms with Crippen LogP contribution in [0, 0.1) is 0 Å². The van der Waals surface area contributed by atoms with Crippen molar-refractivity contribution in [2.24, 2.45) is 0 Å². The summed E-state index contributed by atoms with van der Waals surface area (Å²) in [6, 6.07) is 4.39. The highest BCUT2D eigenvalue weighted by Gasteiger charge is 2.31. The van der Waals surface area contributed by atoms with E-state index in [1.165, 1.54) is 10.6 Å². The molecule has 1 N–H and O–H groups in total. The molecule has 1 fully saturated rings. The number of likely N-dealkylation sites (N-methyl/N-ethyl adjacent to an activating group) is 1. The van der Waals surface area contributed by atoms with Gasteiger partial charge >= 0.3 is 0 Å². The largest absolute Gasteiger partial charge is 0.336 e. The van der Waals surface area contributed by atoms with E-state index in [9.17, 15) is 4.79 Å². The number of aryl methyl sites for hydroxylation is 1. The van der Waals surface area contributed by atoms with E-state index in [1.54, 1.807) is 11.3 Å². The Hall–Kier alpha value is -1.41. The zero-order valence-electron chi connectivity index (χ0n) is 17.3. The first-order valence-electron chi connectivity index (χ1n) is 10.6. The molecule has 2 aliphatic rings. The van der Waals surface area contributed by atoms with Crippen molar-refractivity contribution in [1.82, 2.24) is 24.9 Å². The molecule has 1 atom stereocenters. The van der Waals surface area contributed by atoms with Crippen molar-refractivity contribution in [3.8, 4) is 0 Å². The predicted molar refractivity (Wildman–Crippen MR) is 118 cm³/mol. The van der Waals surface area contributed by atoms with Gasteiger partial charge in [-0.05, 0) is 58.3 Å². The molecule has 1 aliphatic carbocycles. The maximum Gasteiger partial charge on any atom is 0.274 e. The third-order valence-corrected chi connectivity index (χ3v) is 7.28. The van der Waals surface area contributed by atoms with Crippen LogP contribution in [0.3, 0.4) is 0 Å². The van der Waals surface area contributed by atoms with Crippen LogP contribution in [0.5, 0.6) is 0 Å². The number of fused-ring (bicyclic) bond motifs is 1. The van der Waals surface area contributed by atoms with Crippen LogP contribution in [-0.2, 0) is 25.9 Å². The minimum atomic E-state index is 0.106. The molecule has 0 saturated carbocycles. The molecule has 2 aromatic rings. The van der Waals surface area contributed by atoms with Gasteiger partial charge in [0.1, 0.15) is 0 Å². The summed E-state index contributed by atoms with van der Waals surface area (Å²) in [6.45, 7) is 7.31. The third kappa shape index (κ3) is 4.68. The van der Waals surface area contributed by atoms with Crippen LogP contribution in [-0.4, -0.2) is 64.8 Å². The Bertz CT molecular complexity index is 863. The fourth-order valence-electron chi connectivity index (χ4n) is 4.39. The Morgan fingerprint density at radius 1 is 1.31 bits per heavy atom. The number of thiophene rings is 1. The molecule has 1 unspecified atom stereocenters. The van der Waals surface area contributed by atoms with Crippen LogP contribution in [0.4, 0.5) is 0 Å². The summed E-state index contributed by atoms with van der Waals surface area (Å²) in [7, 11) is 2.12. The van der Waals surface area contributed by atoms with E-state index in [4.69, 9.17) is 16.7 Å². The molecule has 0 radical (unpaired) electrons. The predicted octanol–water partition coefficient (Wildman–Crippen LogP) is 3.04. The lowest BCUT2D eigenvalue weighted by atomic mass is 9.91. The Morgan fingerprint density at radius 2 is 2.17 bits per heavy atom. The molecule has 0 aromatic carbocycles. The monoisotopic (exact) mass is 435 g/mol. The molecule has 4 rings (SSSR count). The van der Waals surface area contributed by atoms with Gasteiger partial charge in [0, 0.05) is 54.9 Å². The van der Waals surface area contributed by atoms with E-state index < -0.39 is 0 Å². The second-order valence-corrected chi connectivity index (χ2v) is 9.86. The molecule has 1 aliphatic heterocycles. The summed E-state index contributed by atoms with van der Waals surface area (Å²) in [5.74, 6) is 0.106. The molecule has 2 aromatic heterocycles. The van der Waals surface area contributed by atoms with Gasteiger partial charge in [0.2, 0.25) is 0 Å². The number of amides is 1. The highest BCUT2D eigenvalue weighted by Crippen LogP contribution is 2.27. The van der Waals surface area contributed by atoms with E-state index >= 15 is 0 Å². The topological polar surface area (TPSA) is 53.4 Å². The Balaban J connectivity index is 1.49. The summed E-state index contributed by atoms with van der Waals surface area (Å²) >= 11 is 7.67. The van der Waals surface area contributed by atoms with Crippen LogP contribution in [0.1, 0.15) is 46.4 Å². The van der Waals surface area contributed by atoms with Gasteiger partial charge in [0.15, 0.2) is 5.69 Å². The van der Waals surface area contributed by atoms with Crippen molar-refractivity contribution in [3.05, 3.63) is 38.3 Å². The molecule has 3 heterocycles. The van der Waals surface area contributed by atoms with Gasteiger partial charge < -0.3 is 15.1 Å². The molecule has 8 heteroatoms. The second kappa shape index (κ2) is 9.16. The van der Waals surface area contributed by atoms with E-state index in [0.29, 0.717) is 11.7 Å². The van der Waals surface area contributed by atoms with Crippen LogP contribution in [0.2, 0.25) is 4.34 Å². The van der Waals surface area contributed by atoms with Crippen molar-refractivity contribution >= 4 is 28.8 Å². The molecule has 0 bridgehead atoms. The Labute approximate surface area is 181 Å². The standard InChI is InChI=1S/C21H30ClN5OS/c1-3-27-18-7-5-15(23-14-16-6-8-19(22)29-16)13-17(18)20(24-27)21(28)26-10-4-9-25(2)11-12-26/h6,8,15,23H,3-5,7,9-14H2,1-2H3. The number of rotatable bonds is 5. The van der Waals surface area contributed by atoms with Gasteiger partial charge in [0.05, 0.1) is 4.34 Å². The highest BCUT2D eigenvalue weighted by molar-refractivity contribution is 7.16. The number of hydrogen-bond acceptors (Lipinski definition) is 5. The first-order valence-corrected chi connectivity index (χ1v) is 11.8. The van der Waals surface area contributed by atoms with Gasteiger partial charge in [-0.25, -0.2) is 0 Å². The molecule has 158 valence electrons. The Morgan fingerprint density at radius 3 is 2.93 bits per heavy atom. The average Bonchev–Trinajstić information content (AvgIpc) is 3.23. The van der Waals surface area contributed by atoms with Crippen LogP contribution in [0.25, 0.3) is 0 Å². The minimum absolute atomic E-state index is 0.106. The first kappa shape index (κ1) is 20.8. The molecular formula is C21H30ClN5OS. The van der Waals surface area contributed by atoms with Crippen molar-refractivity contribution < 1.29 is 4.79 Å². The number of aromatic nitrogens is 2. The fraction of sp³-hybridized carbons (Fsp3) is 0.619. The fourth-order valence-corrected chi connectivity index (χ4v) is 5.42. The summed E-state index contributed by atoms with van der Waals surface area (Å²) in [4.78, 5) is 18.9. The highest BCUT2D eigenvalue weighted by atomic mass is 35.5. The normalized spacial score (nSPS) is 20.5. The van der Waals surface area contributed by atoms with E-state index in [0.717, 1.165) is 74.9 Å². The van der Waals surface area contributed by atoms with E-state index in [2.05, 4.69) is 30.3 Å². The lowest BCUT2D eigenvalue weighted by molar-refractivity contribution is 0.0754. The van der Waals surface area contributed by atoms with Gasteiger partial charge in [-0.3, -0.25) is 9.48 Å². The average molecular weight is 436 g/mol. The van der Waals surface area contributed by atoms with Gasteiger partial charge in [-0.1, -0.05) is 11.6 Å². The number of halogens is 1. The summed E-state index contributed by atoms with van der Waals surface area (Å²) in [6.07, 6.45) is 3.92. The van der Waals surface area contributed by atoms with Crippen LogP contribution < -0.4 is 5.32 Å². The smallest absolute Gasteiger partial charge is 0.274 e. The summed E-state index contributed by atoms with van der Waals surface area (Å²) in [5.41, 5.74) is 3.08. The molecular weight excluding hydrogens is 406 g/mol. The van der Waals surface area contributed by atoms with Crippen molar-refractivity contribution in [2.75, 3.05) is 33.2 Å². The van der Waals surface area contributed by atoms with Crippen LogP contribution >= 0.6 is 22.9 Å². The molecule has 6 nitrogen and oxygen atoms in total. The summed E-state index contributed by atoms with van der Waals surface area (Å²) in [5, 5.41) is 8.42. The lowest BCUT2D eigenvalue weighted by Gasteiger charge is -2.25. The molecule has 1 saturated heterocycles. The number of nitrogens with zero attached hydrogens (tertiary/aromatic N) is 4. The lowest BCUT2D eigenvalue weighted by Crippen LogP contribution is -2.37. The molecule has 0 spiro atoms. The van der Waals surface area contributed by atoms with Gasteiger partial charge in [0.25, 0.3) is 5.91 Å². The minimum Gasteiger partial charge on any atom is -0.336 e. The quantitative estimate of drug-likeness (QED) is 0.784. The van der Waals surface area contributed by atoms with Gasteiger partial charge in [-0.2, -0.15) is 5.10 Å². The SMILES string of the molecule is CCn1nc(C(=O)N2CCCN(C)CC2)c2c1CCC(NCc1ccc(Cl)s1)C2. The zero-order valence-corrected chi connectivity index (χ0v) is 18.9. The Kier molecular flexibility index (Phi) is 6.59. The van der Waals surface area contributed by atoms with Gasteiger partial charge in [-0.15, -0.1) is 11.3 Å². The molecule has 1 amide bonds. The maximum atomic E-state index is 13.3. The van der Waals surface area contributed by atoms with Crippen molar-refractivity contribution in [2.45, 2.75) is 51.7 Å². The number of carbonyl (C=O) groups is 1. The number of carbonyl (C=O) groups excluding carboxylic acids is 1. The second-order valence-electron chi connectivity index (χ2n) is 8.07. The van der Waals surface area contributed by atoms with Crippen LogP contribution in [0.15, 0.2) is 12.1 Å². The van der Waals surface area contributed by atoms with Crippen molar-refractivity contribution in [3.63, 3.8) is 0 Å². The number of hydrogen-bond donors (Lipinski definition) is 1. The first-order chi connectivity index (χ1) is 14.0. The summed E-state index contributed by atoms with van der Waals surface area (Å²) < 4.78 is 2.87.